The highest BCUT2D eigenvalue weighted by Gasteiger charge is 2.14. The number of hydrogen-bond donors (Lipinski definition) is 1. The fourth-order valence-electron chi connectivity index (χ4n) is 1.43. The third-order valence-corrected chi connectivity index (χ3v) is 3.22. The van der Waals surface area contributed by atoms with Crippen LogP contribution in [0, 0.1) is 12.7 Å². The van der Waals surface area contributed by atoms with E-state index in [2.05, 4.69) is 0 Å². The fraction of sp³-hybridized carbons (Fsp3) is 0.0833. The van der Waals surface area contributed by atoms with Crippen molar-refractivity contribution in [3.63, 3.8) is 0 Å². The molecule has 2 aromatic rings. The minimum Gasteiger partial charge on any atom is -0.398 e. The van der Waals surface area contributed by atoms with Gasteiger partial charge in [-0.15, -0.1) is 11.3 Å². The number of nitrogen functional groups attached to an aromatic ring is 1. The Kier molecular flexibility index (Phi) is 2.75. The molecule has 2 nitrogen and oxygen atoms in total. The third-order valence-electron chi connectivity index (χ3n) is 2.22. The number of halogens is 1. The number of benzene rings is 1. The smallest absolute Gasteiger partial charge is 0.205 e. The van der Waals surface area contributed by atoms with E-state index in [0.717, 1.165) is 10.9 Å². The van der Waals surface area contributed by atoms with E-state index in [9.17, 15) is 9.18 Å². The van der Waals surface area contributed by atoms with Crippen LogP contribution < -0.4 is 5.73 Å². The van der Waals surface area contributed by atoms with E-state index in [4.69, 9.17) is 5.73 Å². The van der Waals surface area contributed by atoms with Gasteiger partial charge in [0, 0.05) is 16.1 Å². The molecule has 0 saturated carbocycles. The summed E-state index contributed by atoms with van der Waals surface area (Å²) in [5.41, 5.74) is 6.14. The SMILES string of the molecule is Cc1ccc(C(=O)c2ccc(F)cc2N)s1. The summed E-state index contributed by atoms with van der Waals surface area (Å²) in [5, 5.41) is 0. The zero-order valence-electron chi connectivity index (χ0n) is 8.66. The fourth-order valence-corrected chi connectivity index (χ4v) is 2.25. The van der Waals surface area contributed by atoms with Crippen LogP contribution in [0.5, 0.6) is 0 Å². The summed E-state index contributed by atoms with van der Waals surface area (Å²) in [6.07, 6.45) is 0. The predicted molar refractivity (Wildman–Crippen MR) is 63.3 cm³/mol. The van der Waals surface area contributed by atoms with Crippen LogP contribution in [0.3, 0.4) is 0 Å². The van der Waals surface area contributed by atoms with Crippen molar-refractivity contribution in [3.05, 3.63) is 51.5 Å². The van der Waals surface area contributed by atoms with Crippen molar-refractivity contribution in [2.45, 2.75) is 6.92 Å². The standard InChI is InChI=1S/C12H10FNOS/c1-7-2-5-11(16-7)12(15)9-4-3-8(13)6-10(9)14/h2-6H,14H2,1H3. The molecule has 0 unspecified atom stereocenters. The molecule has 82 valence electrons. The molecule has 0 atom stereocenters. The zero-order valence-corrected chi connectivity index (χ0v) is 9.48. The second-order valence-electron chi connectivity index (χ2n) is 3.47. The first-order chi connectivity index (χ1) is 7.58. The predicted octanol–water partition coefficient (Wildman–Crippen LogP) is 3.01. The molecule has 0 aliphatic rings. The molecule has 1 aromatic heterocycles. The first-order valence-electron chi connectivity index (χ1n) is 4.74. The van der Waals surface area contributed by atoms with Crippen LogP contribution in [0.25, 0.3) is 0 Å². The van der Waals surface area contributed by atoms with Gasteiger partial charge < -0.3 is 5.73 Å². The first kappa shape index (κ1) is 10.8. The van der Waals surface area contributed by atoms with E-state index < -0.39 is 5.82 Å². The Hall–Kier alpha value is -1.68. The Labute approximate surface area is 96.5 Å². The van der Waals surface area contributed by atoms with E-state index in [1.807, 2.05) is 13.0 Å². The van der Waals surface area contributed by atoms with Gasteiger partial charge in [0.2, 0.25) is 5.78 Å². The summed E-state index contributed by atoms with van der Waals surface area (Å²) in [6, 6.07) is 7.45. The van der Waals surface area contributed by atoms with E-state index in [0.29, 0.717) is 10.4 Å². The van der Waals surface area contributed by atoms with Gasteiger partial charge >= 0.3 is 0 Å². The quantitative estimate of drug-likeness (QED) is 0.642. The number of ketones is 1. The highest BCUT2D eigenvalue weighted by molar-refractivity contribution is 7.14. The Morgan fingerprint density at radius 2 is 2.06 bits per heavy atom. The summed E-state index contributed by atoms with van der Waals surface area (Å²) in [5.74, 6) is -0.591. The van der Waals surface area contributed by atoms with E-state index in [-0.39, 0.29) is 11.5 Å². The highest BCUT2D eigenvalue weighted by atomic mass is 32.1. The summed E-state index contributed by atoms with van der Waals surface area (Å²) >= 11 is 1.40. The van der Waals surface area contributed by atoms with Gasteiger partial charge in [-0.25, -0.2) is 4.39 Å². The molecular weight excluding hydrogens is 225 g/mol. The Balaban J connectivity index is 2.41. The molecule has 4 heteroatoms. The minimum absolute atomic E-state index is 0.157. The maximum absolute atomic E-state index is 12.8. The van der Waals surface area contributed by atoms with Crippen LogP contribution in [0.15, 0.2) is 30.3 Å². The van der Waals surface area contributed by atoms with Gasteiger partial charge in [0.25, 0.3) is 0 Å². The highest BCUT2D eigenvalue weighted by Crippen LogP contribution is 2.22. The van der Waals surface area contributed by atoms with Crippen LogP contribution >= 0.6 is 11.3 Å². The van der Waals surface area contributed by atoms with Crippen molar-refractivity contribution in [3.8, 4) is 0 Å². The average Bonchev–Trinajstić information content (AvgIpc) is 2.64. The molecule has 0 aliphatic heterocycles. The molecule has 16 heavy (non-hydrogen) atoms. The molecule has 0 saturated heterocycles. The maximum Gasteiger partial charge on any atom is 0.205 e. The van der Waals surface area contributed by atoms with Crippen molar-refractivity contribution in [1.82, 2.24) is 0 Å². The Morgan fingerprint density at radius 1 is 1.31 bits per heavy atom. The number of thiophene rings is 1. The normalized spacial score (nSPS) is 10.4. The lowest BCUT2D eigenvalue weighted by atomic mass is 10.1. The Morgan fingerprint density at radius 3 is 2.62 bits per heavy atom. The average molecular weight is 235 g/mol. The second-order valence-corrected chi connectivity index (χ2v) is 4.76. The number of nitrogens with two attached hydrogens (primary N) is 1. The van der Waals surface area contributed by atoms with Crippen molar-refractivity contribution >= 4 is 22.8 Å². The van der Waals surface area contributed by atoms with Crippen LogP contribution in [-0.4, -0.2) is 5.78 Å². The summed E-state index contributed by atoms with van der Waals surface area (Å²) < 4.78 is 12.8. The number of carbonyl (C=O) groups is 1. The van der Waals surface area contributed by atoms with E-state index in [1.54, 1.807) is 6.07 Å². The number of rotatable bonds is 2. The summed E-state index contributed by atoms with van der Waals surface area (Å²) in [6.45, 7) is 1.93. The van der Waals surface area contributed by atoms with Crippen LogP contribution in [0.4, 0.5) is 10.1 Å². The van der Waals surface area contributed by atoms with Crippen molar-refractivity contribution in [1.29, 1.82) is 0 Å². The van der Waals surface area contributed by atoms with Gasteiger partial charge in [-0.1, -0.05) is 0 Å². The first-order valence-corrected chi connectivity index (χ1v) is 5.56. The monoisotopic (exact) mass is 235 g/mol. The molecular formula is C12H10FNOS. The summed E-state index contributed by atoms with van der Waals surface area (Å²) in [7, 11) is 0. The number of carbonyl (C=O) groups excluding carboxylic acids is 1. The van der Waals surface area contributed by atoms with Gasteiger partial charge in [-0.05, 0) is 37.3 Å². The molecule has 2 N–H and O–H groups in total. The lowest BCUT2D eigenvalue weighted by Crippen LogP contribution is -2.03. The Bertz CT molecular complexity index is 548. The number of aryl methyl sites for hydroxylation is 1. The molecule has 2 rings (SSSR count). The lowest BCUT2D eigenvalue weighted by Gasteiger charge is -2.02. The largest absolute Gasteiger partial charge is 0.398 e. The van der Waals surface area contributed by atoms with Gasteiger partial charge in [0.05, 0.1) is 4.88 Å². The zero-order chi connectivity index (χ0) is 11.7. The minimum atomic E-state index is -0.434. The van der Waals surface area contributed by atoms with Crippen LogP contribution in [0.1, 0.15) is 20.1 Å². The molecule has 1 heterocycles. The van der Waals surface area contributed by atoms with Crippen molar-refractivity contribution in [2.75, 3.05) is 5.73 Å². The van der Waals surface area contributed by atoms with Gasteiger partial charge in [0.1, 0.15) is 5.82 Å². The molecule has 0 fully saturated rings. The topological polar surface area (TPSA) is 43.1 Å². The maximum atomic E-state index is 12.8. The molecule has 0 amide bonds. The molecule has 0 bridgehead atoms. The molecule has 0 radical (unpaired) electrons. The van der Waals surface area contributed by atoms with Gasteiger partial charge in [-0.3, -0.25) is 4.79 Å². The second kappa shape index (κ2) is 4.06. The molecule has 1 aromatic carbocycles. The van der Waals surface area contributed by atoms with Crippen molar-refractivity contribution < 1.29 is 9.18 Å². The van der Waals surface area contributed by atoms with Crippen molar-refractivity contribution in [2.24, 2.45) is 0 Å². The summed E-state index contributed by atoms with van der Waals surface area (Å²) in [4.78, 5) is 13.7. The third kappa shape index (κ3) is 1.97. The molecule has 0 spiro atoms. The van der Waals surface area contributed by atoms with Gasteiger partial charge in [-0.2, -0.15) is 0 Å². The van der Waals surface area contributed by atoms with Crippen LogP contribution in [0.2, 0.25) is 0 Å². The number of anilines is 1. The van der Waals surface area contributed by atoms with E-state index in [1.165, 1.54) is 23.5 Å². The lowest BCUT2D eigenvalue weighted by molar-refractivity contribution is 0.104. The van der Waals surface area contributed by atoms with Crippen LogP contribution in [-0.2, 0) is 0 Å². The van der Waals surface area contributed by atoms with E-state index >= 15 is 0 Å². The van der Waals surface area contributed by atoms with Gasteiger partial charge in [0.15, 0.2) is 0 Å². The number of hydrogen-bond acceptors (Lipinski definition) is 3. The molecule has 0 aliphatic carbocycles.